The lowest BCUT2D eigenvalue weighted by Crippen LogP contribution is -2.13. The van der Waals surface area contributed by atoms with E-state index in [4.69, 9.17) is 15.9 Å². The number of nitrogen functional groups attached to an aromatic ring is 1. The molecule has 0 fully saturated rings. The summed E-state index contributed by atoms with van der Waals surface area (Å²) in [5.74, 6) is 0.807. The predicted molar refractivity (Wildman–Crippen MR) is 82.4 cm³/mol. The lowest BCUT2D eigenvalue weighted by atomic mass is 10.2. The third-order valence-electron chi connectivity index (χ3n) is 2.75. The third kappa shape index (κ3) is 3.32. The Bertz CT molecular complexity index is 686. The maximum atomic E-state index is 10.6. The van der Waals surface area contributed by atoms with E-state index in [1.54, 1.807) is 12.1 Å². The van der Waals surface area contributed by atoms with E-state index < -0.39 is 4.92 Å². The van der Waals surface area contributed by atoms with Crippen LogP contribution < -0.4 is 10.5 Å². The van der Waals surface area contributed by atoms with Crippen LogP contribution in [0, 0.1) is 15.5 Å². The maximum absolute atomic E-state index is 10.6. The van der Waals surface area contributed by atoms with Gasteiger partial charge in [-0.15, -0.1) is 11.8 Å². The molecule has 2 aromatic carbocycles. The maximum Gasteiger partial charge on any atom is 0.269 e. The fourth-order valence-corrected chi connectivity index (χ4v) is 2.42. The highest BCUT2D eigenvalue weighted by Crippen LogP contribution is 2.32. The van der Waals surface area contributed by atoms with Crippen molar-refractivity contribution in [2.24, 2.45) is 5.73 Å². The molecular formula is C14H13N3O3S. The number of nitro benzene ring substituents is 1. The molecule has 6 nitrogen and oxygen atoms in total. The van der Waals surface area contributed by atoms with Gasteiger partial charge in [-0.05, 0) is 30.5 Å². The molecule has 0 saturated heterocycles. The lowest BCUT2D eigenvalue weighted by molar-refractivity contribution is -0.384. The van der Waals surface area contributed by atoms with Gasteiger partial charge in [0.2, 0.25) is 0 Å². The molecule has 0 spiro atoms. The van der Waals surface area contributed by atoms with Gasteiger partial charge in [-0.2, -0.15) is 0 Å². The van der Waals surface area contributed by atoms with E-state index in [0.29, 0.717) is 17.1 Å². The normalized spacial score (nSPS) is 10.1. The van der Waals surface area contributed by atoms with Gasteiger partial charge in [0.1, 0.15) is 17.3 Å². The second-order valence-corrected chi connectivity index (χ2v) is 4.95. The first kappa shape index (κ1) is 14.9. The zero-order valence-electron chi connectivity index (χ0n) is 11.2. The molecule has 2 rings (SSSR count). The molecule has 3 N–H and O–H groups in total. The molecule has 0 bridgehead atoms. The van der Waals surface area contributed by atoms with Crippen molar-refractivity contribution in [2.45, 2.75) is 4.90 Å². The molecule has 108 valence electrons. The van der Waals surface area contributed by atoms with Gasteiger partial charge in [0.15, 0.2) is 0 Å². The van der Waals surface area contributed by atoms with Crippen LogP contribution in [-0.2, 0) is 0 Å². The summed E-state index contributed by atoms with van der Waals surface area (Å²) in [6.45, 7) is 0. The molecule has 7 heteroatoms. The molecule has 2 aromatic rings. The van der Waals surface area contributed by atoms with Crippen LogP contribution in [0.2, 0.25) is 0 Å². The van der Waals surface area contributed by atoms with Crippen molar-refractivity contribution in [3.8, 4) is 11.5 Å². The number of amidine groups is 1. The van der Waals surface area contributed by atoms with E-state index >= 15 is 0 Å². The minimum absolute atomic E-state index is 0.00740. The minimum atomic E-state index is -0.473. The zero-order chi connectivity index (χ0) is 15.4. The number of rotatable bonds is 5. The summed E-state index contributed by atoms with van der Waals surface area (Å²) in [6, 6.07) is 11.1. The minimum Gasteiger partial charge on any atom is -0.457 e. The molecule has 0 unspecified atom stereocenters. The second kappa shape index (κ2) is 6.27. The van der Waals surface area contributed by atoms with Crippen LogP contribution in [0.15, 0.2) is 47.4 Å². The van der Waals surface area contributed by atoms with Crippen LogP contribution in [-0.4, -0.2) is 17.0 Å². The van der Waals surface area contributed by atoms with Gasteiger partial charge < -0.3 is 10.5 Å². The van der Waals surface area contributed by atoms with Crippen LogP contribution in [0.3, 0.4) is 0 Å². The molecule has 0 saturated carbocycles. The summed E-state index contributed by atoms with van der Waals surface area (Å²) in [6.07, 6.45) is 1.89. The number of benzene rings is 2. The summed E-state index contributed by atoms with van der Waals surface area (Å²) in [5.41, 5.74) is 6.12. The van der Waals surface area contributed by atoms with E-state index in [1.807, 2.05) is 12.3 Å². The summed E-state index contributed by atoms with van der Waals surface area (Å²) >= 11 is 1.46. The van der Waals surface area contributed by atoms with Crippen LogP contribution in [0.25, 0.3) is 0 Å². The molecule has 0 aliphatic carbocycles. The van der Waals surface area contributed by atoms with Crippen molar-refractivity contribution < 1.29 is 9.66 Å². The fraction of sp³-hybridized carbons (Fsp3) is 0.0714. The standard InChI is InChI=1S/C14H13N3O3S/c1-21-12-4-2-3-11(13(12)14(15)16)20-10-7-5-9(6-8-10)17(18)19/h2-8H,1H3,(H3,15,16). The van der Waals surface area contributed by atoms with Gasteiger partial charge in [0, 0.05) is 17.0 Å². The summed E-state index contributed by atoms with van der Waals surface area (Å²) in [7, 11) is 0. The first-order chi connectivity index (χ1) is 10.0. The summed E-state index contributed by atoms with van der Waals surface area (Å²) in [5, 5.41) is 18.3. The highest BCUT2D eigenvalue weighted by Gasteiger charge is 2.13. The number of nitrogens with two attached hydrogens (primary N) is 1. The first-order valence-electron chi connectivity index (χ1n) is 5.96. The highest BCUT2D eigenvalue weighted by atomic mass is 32.2. The molecule has 0 aliphatic rings. The number of nitro groups is 1. The third-order valence-corrected chi connectivity index (χ3v) is 3.53. The number of thioether (sulfide) groups is 1. The Balaban J connectivity index is 2.35. The first-order valence-corrected chi connectivity index (χ1v) is 7.19. The molecule has 0 aliphatic heterocycles. The SMILES string of the molecule is CSc1cccc(Oc2ccc([N+](=O)[O-])cc2)c1C(=N)N. The van der Waals surface area contributed by atoms with Gasteiger partial charge >= 0.3 is 0 Å². The average molecular weight is 303 g/mol. The van der Waals surface area contributed by atoms with Crippen molar-refractivity contribution in [3.63, 3.8) is 0 Å². The van der Waals surface area contributed by atoms with Crippen LogP contribution in [0.1, 0.15) is 5.56 Å². The van der Waals surface area contributed by atoms with Crippen molar-refractivity contribution in [2.75, 3.05) is 6.26 Å². The van der Waals surface area contributed by atoms with Gasteiger partial charge in [-0.3, -0.25) is 15.5 Å². The van der Waals surface area contributed by atoms with E-state index in [-0.39, 0.29) is 11.5 Å². The molecule has 0 radical (unpaired) electrons. The lowest BCUT2D eigenvalue weighted by Gasteiger charge is -2.13. The smallest absolute Gasteiger partial charge is 0.269 e. The highest BCUT2D eigenvalue weighted by molar-refractivity contribution is 7.98. The fourth-order valence-electron chi connectivity index (χ4n) is 1.79. The van der Waals surface area contributed by atoms with Gasteiger partial charge in [0.05, 0.1) is 10.5 Å². The van der Waals surface area contributed by atoms with Gasteiger partial charge in [-0.1, -0.05) is 6.07 Å². The Labute approximate surface area is 125 Å². The molecule has 0 atom stereocenters. The predicted octanol–water partition coefficient (Wildman–Crippen LogP) is 3.39. The Kier molecular flexibility index (Phi) is 4.44. The molecular weight excluding hydrogens is 290 g/mol. The van der Waals surface area contributed by atoms with Crippen molar-refractivity contribution >= 4 is 23.3 Å². The van der Waals surface area contributed by atoms with E-state index in [0.717, 1.165) is 4.90 Å². The Hall–Kier alpha value is -2.54. The van der Waals surface area contributed by atoms with E-state index in [2.05, 4.69) is 0 Å². The zero-order valence-corrected chi connectivity index (χ0v) is 12.0. The Morgan fingerprint density at radius 1 is 1.29 bits per heavy atom. The number of nitrogens with one attached hydrogen (secondary N) is 1. The second-order valence-electron chi connectivity index (χ2n) is 4.10. The summed E-state index contributed by atoms with van der Waals surface area (Å²) < 4.78 is 5.69. The topological polar surface area (TPSA) is 102 Å². The van der Waals surface area contributed by atoms with Gasteiger partial charge in [0.25, 0.3) is 5.69 Å². The molecule has 0 heterocycles. The van der Waals surface area contributed by atoms with E-state index in [1.165, 1.54) is 36.0 Å². The number of hydrogen-bond donors (Lipinski definition) is 2. The van der Waals surface area contributed by atoms with Crippen LogP contribution in [0.5, 0.6) is 11.5 Å². The number of hydrogen-bond acceptors (Lipinski definition) is 5. The van der Waals surface area contributed by atoms with Crippen molar-refractivity contribution in [3.05, 3.63) is 58.1 Å². The average Bonchev–Trinajstić information content (AvgIpc) is 2.47. The largest absolute Gasteiger partial charge is 0.457 e. The molecule has 0 amide bonds. The quantitative estimate of drug-likeness (QED) is 0.290. The molecule has 0 aromatic heterocycles. The van der Waals surface area contributed by atoms with E-state index in [9.17, 15) is 10.1 Å². The summed E-state index contributed by atoms with van der Waals surface area (Å²) in [4.78, 5) is 11.0. The van der Waals surface area contributed by atoms with Gasteiger partial charge in [-0.25, -0.2) is 0 Å². The Morgan fingerprint density at radius 3 is 2.48 bits per heavy atom. The van der Waals surface area contributed by atoms with Crippen molar-refractivity contribution in [1.29, 1.82) is 5.41 Å². The molecule has 21 heavy (non-hydrogen) atoms. The Morgan fingerprint density at radius 2 is 1.95 bits per heavy atom. The van der Waals surface area contributed by atoms with Crippen LogP contribution >= 0.6 is 11.8 Å². The number of non-ortho nitro benzene ring substituents is 1. The monoisotopic (exact) mass is 303 g/mol. The van der Waals surface area contributed by atoms with Crippen LogP contribution in [0.4, 0.5) is 5.69 Å². The number of nitrogens with zero attached hydrogens (tertiary/aromatic N) is 1. The van der Waals surface area contributed by atoms with Crippen molar-refractivity contribution in [1.82, 2.24) is 0 Å². The number of ether oxygens (including phenoxy) is 1.